The van der Waals surface area contributed by atoms with Crippen molar-refractivity contribution in [2.24, 2.45) is 10.8 Å². The third-order valence-electron chi connectivity index (χ3n) is 8.64. The van der Waals surface area contributed by atoms with E-state index in [-0.39, 0.29) is 42.3 Å². The SMILES string of the molecule is CC(C)(C)C[Si](C)(C)OCc1nc2ccccc2n1CC(=O)C[C@@H]1[C@@H](O[Si](C)(C)CC(C)(C)C)CCCN1C(=O)OCc1ccccc1. The molecule has 1 amide bonds. The van der Waals surface area contributed by atoms with Gasteiger partial charge in [-0.1, -0.05) is 84.0 Å². The molecule has 2 atom stereocenters. The van der Waals surface area contributed by atoms with Crippen LogP contribution in [-0.2, 0) is 38.1 Å². The van der Waals surface area contributed by atoms with Gasteiger partial charge in [0.05, 0.1) is 36.3 Å². The van der Waals surface area contributed by atoms with Gasteiger partial charge in [-0.05, 0) is 79.6 Å². The highest BCUT2D eigenvalue weighted by Crippen LogP contribution is 2.34. The molecule has 1 aliphatic heterocycles. The molecule has 48 heavy (non-hydrogen) atoms. The Labute approximate surface area is 290 Å². The summed E-state index contributed by atoms with van der Waals surface area (Å²) in [4.78, 5) is 34.5. The lowest BCUT2D eigenvalue weighted by Gasteiger charge is -2.44. The Bertz CT molecular complexity index is 1520. The number of carbonyl (C=O) groups is 2. The molecule has 1 aromatic heterocycles. The molecule has 8 nitrogen and oxygen atoms in total. The van der Waals surface area contributed by atoms with E-state index in [0.717, 1.165) is 47.4 Å². The van der Waals surface area contributed by atoms with Crippen LogP contribution in [0.1, 0.15) is 72.2 Å². The Balaban J connectivity index is 1.57. The van der Waals surface area contributed by atoms with Gasteiger partial charge < -0.3 is 23.1 Å². The maximum Gasteiger partial charge on any atom is 0.410 e. The third-order valence-corrected chi connectivity index (χ3v) is 14.3. The van der Waals surface area contributed by atoms with Gasteiger partial charge in [0.25, 0.3) is 0 Å². The van der Waals surface area contributed by atoms with Gasteiger partial charge in [0.1, 0.15) is 12.4 Å². The summed E-state index contributed by atoms with van der Waals surface area (Å²) in [5, 5.41) is 0. The van der Waals surface area contributed by atoms with Crippen LogP contribution in [0, 0.1) is 10.8 Å². The zero-order valence-electron chi connectivity index (χ0n) is 31.1. The molecule has 1 saturated heterocycles. The molecule has 1 fully saturated rings. The van der Waals surface area contributed by atoms with E-state index in [1.165, 1.54) is 0 Å². The van der Waals surface area contributed by atoms with Crippen molar-refractivity contribution in [3.63, 3.8) is 0 Å². The Hall–Kier alpha value is -2.80. The maximum atomic E-state index is 14.1. The summed E-state index contributed by atoms with van der Waals surface area (Å²) in [6.07, 6.45) is 1.16. The number of aromatic nitrogens is 2. The van der Waals surface area contributed by atoms with Crippen LogP contribution >= 0.6 is 0 Å². The largest absolute Gasteiger partial charge is 0.445 e. The molecule has 0 radical (unpaired) electrons. The summed E-state index contributed by atoms with van der Waals surface area (Å²) >= 11 is 0. The van der Waals surface area contributed by atoms with Crippen LogP contribution in [0.4, 0.5) is 4.79 Å². The molecular weight excluding hydrogens is 635 g/mol. The number of imidazole rings is 1. The zero-order chi connectivity index (χ0) is 35.3. The van der Waals surface area contributed by atoms with Crippen molar-refractivity contribution in [1.82, 2.24) is 14.5 Å². The lowest BCUT2D eigenvalue weighted by molar-refractivity contribution is -0.122. The minimum absolute atomic E-state index is 0.0299. The predicted octanol–water partition coefficient (Wildman–Crippen LogP) is 9.20. The first kappa shape index (κ1) is 38.0. The van der Waals surface area contributed by atoms with Crippen molar-refractivity contribution in [2.75, 3.05) is 6.54 Å². The molecule has 3 aromatic rings. The number of piperidine rings is 1. The first-order chi connectivity index (χ1) is 22.3. The van der Waals surface area contributed by atoms with Gasteiger partial charge in [-0.2, -0.15) is 0 Å². The van der Waals surface area contributed by atoms with Crippen LogP contribution in [0.3, 0.4) is 0 Å². The van der Waals surface area contributed by atoms with Gasteiger partial charge in [0, 0.05) is 13.0 Å². The van der Waals surface area contributed by atoms with E-state index in [4.69, 9.17) is 18.6 Å². The summed E-state index contributed by atoms with van der Waals surface area (Å²) < 4.78 is 21.4. The Morgan fingerprint density at radius 1 is 0.854 bits per heavy atom. The Kier molecular flexibility index (Phi) is 12.2. The number of carbonyl (C=O) groups excluding carboxylic acids is 2. The number of Topliss-reactive ketones (excluding diaryl/α,β-unsaturated/α-hetero) is 1. The number of hydrogen-bond donors (Lipinski definition) is 0. The number of ketones is 1. The average Bonchev–Trinajstić information content (AvgIpc) is 3.30. The molecule has 0 aliphatic carbocycles. The summed E-state index contributed by atoms with van der Waals surface area (Å²) in [6.45, 7) is 23.7. The number of nitrogens with zero attached hydrogens (tertiary/aromatic N) is 3. The topological polar surface area (TPSA) is 82.9 Å². The minimum atomic E-state index is -2.13. The first-order valence-corrected chi connectivity index (χ1v) is 23.8. The normalized spacial score (nSPS) is 17.9. The van der Waals surface area contributed by atoms with E-state index in [2.05, 4.69) is 67.7 Å². The number of para-hydroxylation sites is 2. The van der Waals surface area contributed by atoms with Gasteiger partial charge in [-0.3, -0.25) is 4.79 Å². The number of rotatable bonds is 13. The van der Waals surface area contributed by atoms with Gasteiger partial charge in [-0.25, -0.2) is 9.78 Å². The number of hydrogen-bond acceptors (Lipinski definition) is 6. The highest BCUT2D eigenvalue weighted by molar-refractivity contribution is 6.71. The fraction of sp³-hybridized carbons (Fsp3) is 0.605. The van der Waals surface area contributed by atoms with Crippen LogP contribution < -0.4 is 0 Å². The van der Waals surface area contributed by atoms with Crippen LogP contribution in [0.15, 0.2) is 54.6 Å². The fourth-order valence-corrected chi connectivity index (χ4v) is 14.5. The second-order valence-electron chi connectivity index (χ2n) is 17.2. The van der Waals surface area contributed by atoms with Crippen molar-refractivity contribution in [3.05, 3.63) is 66.0 Å². The van der Waals surface area contributed by atoms with E-state index >= 15 is 0 Å². The standard InChI is InChI=1S/C38H59N3O5Si2/c1-37(2,3)27-47(7,8)45-26-35-39-31-19-14-15-20-32(31)41(35)24-30(42)23-33-34(46-48(9,10)28-38(4,5)6)21-16-22-40(33)36(43)44-25-29-17-12-11-13-18-29/h11-15,17-20,33-34H,16,21-28H2,1-10H3/t33-,34+/m1/s1. The van der Waals surface area contributed by atoms with Crippen molar-refractivity contribution >= 4 is 39.5 Å². The number of fused-ring (bicyclic) bond motifs is 1. The molecular formula is C38H59N3O5Si2. The molecule has 2 heterocycles. The maximum absolute atomic E-state index is 14.1. The van der Waals surface area contributed by atoms with Gasteiger partial charge in [0.15, 0.2) is 22.4 Å². The van der Waals surface area contributed by atoms with E-state index in [9.17, 15) is 9.59 Å². The average molecular weight is 694 g/mol. The van der Waals surface area contributed by atoms with Crippen molar-refractivity contribution in [2.45, 2.75) is 131 Å². The molecule has 0 N–H and O–H groups in total. The Morgan fingerprint density at radius 3 is 2.15 bits per heavy atom. The summed E-state index contributed by atoms with van der Waals surface area (Å²) in [6, 6.07) is 19.2. The monoisotopic (exact) mass is 693 g/mol. The summed E-state index contributed by atoms with van der Waals surface area (Å²) in [5.41, 5.74) is 2.98. The van der Waals surface area contributed by atoms with Crippen LogP contribution in [-0.4, -0.2) is 61.7 Å². The Morgan fingerprint density at radius 2 is 1.48 bits per heavy atom. The zero-order valence-corrected chi connectivity index (χ0v) is 33.1. The molecule has 0 saturated carbocycles. The van der Waals surface area contributed by atoms with E-state index in [1.54, 1.807) is 4.90 Å². The highest BCUT2D eigenvalue weighted by Gasteiger charge is 2.41. The second-order valence-corrected chi connectivity index (χ2v) is 25.5. The van der Waals surface area contributed by atoms with Gasteiger partial charge in [0.2, 0.25) is 0 Å². The second kappa shape index (κ2) is 15.4. The number of amides is 1. The van der Waals surface area contributed by atoms with Gasteiger partial charge in [-0.15, -0.1) is 0 Å². The fourth-order valence-electron chi connectivity index (χ4n) is 7.63. The molecule has 1 aliphatic rings. The summed E-state index contributed by atoms with van der Waals surface area (Å²) in [5.74, 6) is 0.788. The molecule has 4 rings (SSSR count). The lowest BCUT2D eigenvalue weighted by atomic mass is 9.95. The molecule has 0 bridgehead atoms. The number of likely N-dealkylation sites (tertiary alicyclic amines) is 1. The number of ether oxygens (including phenoxy) is 1. The number of benzene rings is 2. The van der Waals surface area contributed by atoms with Crippen molar-refractivity contribution in [1.29, 1.82) is 0 Å². The molecule has 0 unspecified atom stereocenters. The minimum Gasteiger partial charge on any atom is -0.445 e. The van der Waals surface area contributed by atoms with Crippen LogP contribution in [0.2, 0.25) is 38.3 Å². The van der Waals surface area contributed by atoms with Crippen molar-refractivity contribution in [3.8, 4) is 0 Å². The first-order valence-electron chi connectivity index (χ1n) is 17.6. The molecule has 10 heteroatoms. The van der Waals surface area contributed by atoms with E-state index in [1.807, 2.05) is 59.2 Å². The highest BCUT2D eigenvalue weighted by atomic mass is 28.4. The third kappa shape index (κ3) is 11.4. The molecule has 2 aromatic carbocycles. The van der Waals surface area contributed by atoms with Crippen LogP contribution in [0.5, 0.6) is 0 Å². The smallest absolute Gasteiger partial charge is 0.410 e. The lowest BCUT2D eigenvalue weighted by Crippen LogP contribution is -2.55. The molecule has 264 valence electrons. The molecule has 0 spiro atoms. The van der Waals surface area contributed by atoms with Crippen molar-refractivity contribution < 1.29 is 23.2 Å². The summed E-state index contributed by atoms with van der Waals surface area (Å²) in [7, 11) is -4.11. The van der Waals surface area contributed by atoms with E-state index in [0.29, 0.717) is 13.2 Å². The van der Waals surface area contributed by atoms with Gasteiger partial charge >= 0.3 is 6.09 Å². The predicted molar refractivity (Wildman–Crippen MR) is 199 cm³/mol. The quantitative estimate of drug-likeness (QED) is 0.166. The van der Waals surface area contributed by atoms with Crippen LogP contribution in [0.25, 0.3) is 11.0 Å². The van der Waals surface area contributed by atoms with E-state index < -0.39 is 28.8 Å².